The van der Waals surface area contributed by atoms with Gasteiger partial charge in [-0.05, 0) is 48.5 Å². The Morgan fingerprint density at radius 1 is 0.680 bits per heavy atom. The van der Waals surface area contributed by atoms with Gasteiger partial charge < -0.3 is 20.4 Å². The maximum absolute atomic E-state index is 12.2. The van der Waals surface area contributed by atoms with Gasteiger partial charge >= 0.3 is 33.7 Å². The molecule has 9 heteroatoms. The summed E-state index contributed by atoms with van der Waals surface area (Å²) in [6.45, 7) is 0. The van der Waals surface area contributed by atoms with Crippen LogP contribution in [0.2, 0.25) is 0 Å². The van der Waals surface area contributed by atoms with E-state index in [4.69, 9.17) is 20.4 Å². The van der Waals surface area contributed by atoms with Gasteiger partial charge in [0.2, 0.25) is 0 Å². The minimum atomic E-state index is -1.04. The van der Waals surface area contributed by atoms with Crippen molar-refractivity contribution in [3.8, 4) is 0 Å². The first-order chi connectivity index (χ1) is 11.4. The first-order valence-corrected chi connectivity index (χ1v) is 6.19. The minimum absolute atomic E-state index is 0. The third-order valence-electron chi connectivity index (χ3n) is 2.18. The Balaban J connectivity index is -0.000000312. The third kappa shape index (κ3) is 12.9. The number of rotatable bonds is 2. The predicted octanol–water partition coefficient (Wildman–Crippen LogP) is 0.998. The van der Waals surface area contributed by atoms with Gasteiger partial charge in [-0.1, -0.05) is 0 Å². The maximum atomic E-state index is 12.2. The average Bonchev–Trinajstić information content (AvgIpc) is 2.60. The van der Waals surface area contributed by atoms with E-state index in [0.29, 0.717) is 0 Å². The molecular formula is C16H16F2O6Ti. The van der Waals surface area contributed by atoms with Gasteiger partial charge in [0.1, 0.15) is 11.6 Å². The van der Waals surface area contributed by atoms with Crippen LogP contribution in [-0.4, -0.2) is 36.4 Å². The van der Waals surface area contributed by atoms with E-state index < -0.39 is 23.6 Å². The molecule has 6 nitrogen and oxygen atoms in total. The van der Waals surface area contributed by atoms with Crippen molar-refractivity contribution < 1.29 is 60.5 Å². The van der Waals surface area contributed by atoms with Crippen molar-refractivity contribution in [2.75, 3.05) is 14.2 Å². The zero-order chi connectivity index (χ0) is 19.1. The largest absolute Gasteiger partial charge is 2.00 e. The van der Waals surface area contributed by atoms with E-state index in [1.807, 2.05) is 0 Å². The number of carboxylic acid groups (broad SMARTS) is 2. The van der Waals surface area contributed by atoms with Crippen LogP contribution in [0, 0.1) is 11.6 Å². The number of carbonyl (C=O) groups is 2. The molecule has 0 heterocycles. The van der Waals surface area contributed by atoms with E-state index in [1.165, 1.54) is 24.3 Å². The number of hydrogen-bond donors (Lipinski definition) is 2. The smallest absolute Gasteiger partial charge is 0.857 e. The van der Waals surface area contributed by atoms with Crippen molar-refractivity contribution in [2.45, 2.75) is 0 Å². The summed E-state index contributed by atoms with van der Waals surface area (Å²) in [5, 5.41) is 33.2. The molecule has 0 radical (unpaired) electrons. The van der Waals surface area contributed by atoms with Gasteiger partial charge in [0.05, 0.1) is 11.1 Å². The molecule has 0 aliphatic rings. The zero-order valence-electron chi connectivity index (χ0n) is 13.4. The standard InChI is InChI=1S/2C7H5FO2.2CH3O.Ti/c2*8-6-3-1-5(2-4-6)7(9)10;2*1-2;/h2*1-4H,(H,9,10);2*1H3;/q;;2*-1;+2. The summed E-state index contributed by atoms with van der Waals surface area (Å²) < 4.78 is 24.3. The number of halogens is 2. The molecule has 0 spiro atoms. The fraction of sp³-hybridized carbons (Fsp3) is 0.125. The Morgan fingerprint density at radius 3 is 1.04 bits per heavy atom. The second-order valence-corrected chi connectivity index (χ2v) is 3.62. The summed E-state index contributed by atoms with van der Waals surface area (Å²) in [5.41, 5.74) is 0.197. The molecule has 2 aromatic rings. The molecule has 134 valence electrons. The molecule has 0 saturated heterocycles. The van der Waals surface area contributed by atoms with E-state index in [9.17, 15) is 18.4 Å². The Morgan fingerprint density at radius 2 is 0.880 bits per heavy atom. The first kappa shape index (κ1) is 27.7. The summed E-state index contributed by atoms with van der Waals surface area (Å²) in [6, 6.07) is 9.34. The van der Waals surface area contributed by atoms with E-state index in [0.717, 1.165) is 38.5 Å². The molecule has 0 bridgehead atoms. The van der Waals surface area contributed by atoms with E-state index in [2.05, 4.69) is 0 Å². The molecule has 2 N–H and O–H groups in total. The quantitative estimate of drug-likeness (QED) is 0.739. The SMILES string of the molecule is C[O-].C[O-].O=C(O)c1ccc(F)cc1.O=C(O)c1ccc(F)cc1.[Ti+2]. The van der Waals surface area contributed by atoms with Gasteiger partial charge in [0.25, 0.3) is 0 Å². The second-order valence-electron chi connectivity index (χ2n) is 3.62. The van der Waals surface area contributed by atoms with Crippen molar-refractivity contribution in [2.24, 2.45) is 0 Å². The van der Waals surface area contributed by atoms with Gasteiger partial charge in [-0.2, -0.15) is 14.2 Å². The monoisotopic (exact) mass is 390 g/mol. The first-order valence-electron chi connectivity index (χ1n) is 6.19. The van der Waals surface area contributed by atoms with Crippen LogP contribution in [0.5, 0.6) is 0 Å². The fourth-order valence-corrected chi connectivity index (χ4v) is 1.18. The van der Waals surface area contributed by atoms with Crippen LogP contribution in [0.1, 0.15) is 20.7 Å². The van der Waals surface area contributed by atoms with Crippen LogP contribution >= 0.6 is 0 Å². The van der Waals surface area contributed by atoms with Crippen molar-refractivity contribution >= 4 is 11.9 Å². The van der Waals surface area contributed by atoms with Gasteiger partial charge in [-0.25, -0.2) is 18.4 Å². The van der Waals surface area contributed by atoms with Gasteiger partial charge in [0, 0.05) is 0 Å². The Hall–Kier alpha value is -2.13. The van der Waals surface area contributed by atoms with Crippen LogP contribution in [0.15, 0.2) is 48.5 Å². The molecule has 0 aliphatic heterocycles. The number of aromatic carboxylic acids is 2. The van der Waals surface area contributed by atoms with Gasteiger partial charge in [-0.15, -0.1) is 0 Å². The molecule has 2 rings (SSSR count). The predicted molar refractivity (Wildman–Crippen MR) is 78.6 cm³/mol. The second kappa shape index (κ2) is 16.7. The number of hydrogen-bond acceptors (Lipinski definition) is 4. The zero-order valence-corrected chi connectivity index (χ0v) is 15.0. The summed E-state index contributed by atoms with van der Waals surface area (Å²) >= 11 is 0. The van der Waals surface area contributed by atoms with Crippen LogP contribution in [0.25, 0.3) is 0 Å². The van der Waals surface area contributed by atoms with E-state index in [1.54, 1.807) is 0 Å². The molecule has 2 aromatic carbocycles. The summed E-state index contributed by atoms with van der Waals surface area (Å²) in [6.07, 6.45) is 0. The van der Waals surface area contributed by atoms with Gasteiger partial charge in [0.15, 0.2) is 0 Å². The molecule has 0 saturated carbocycles. The van der Waals surface area contributed by atoms with Crippen LogP contribution < -0.4 is 10.2 Å². The Kier molecular flexibility index (Phi) is 18.5. The van der Waals surface area contributed by atoms with Crippen LogP contribution in [-0.2, 0) is 21.7 Å². The molecule has 0 aliphatic carbocycles. The van der Waals surface area contributed by atoms with Crippen LogP contribution in [0.4, 0.5) is 8.78 Å². The van der Waals surface area contributed by atoms with Crippen molar-refractivity contribution in [1.29, 1.82) is 0 Å². The number of carboxylic acids is 2. The van der Waals surface area contributed by atoms with E-state index in [-0.39, 0.29) is 32.8 Å². The average molecular weight is 390 g/mol. The molecule has 25 heavy (non-hydrogen) atoms. The molecular weight excluding hydrogens is 374 g/mol. The molecule has 0 fully saturated rings. The minimum Gasteiger partial charge on any atom is -0.857 e. The van der Waals surface area contributed by atoms with Crippen molar-refractivity contribution in [3.05, 3.63) is 71.3 Å². The Bertz CT molecular complexity index is 548. The molecule has 0 unspecified atom stereocenters. The van der Waals surface area contributed by atoms with Crippen molar-refractivity contribution in [3.63, 3.8) is 0 Å². The third-order valence-corrected chi connectivity index (χ3v) is 2.18. The van der Waals surface area contributed by atoms with Crippen LogP contribution in [0.3, 0.4) is 0 Å². The summed E-state index contributed by atoms with van der Waals surface area (Å²) in [7, 11) is 1.50. The molecule has 0 atom stereocenters. The summed E-state index contributed by atoms with van der Waals surface area (Å²) in [4.78, 5) is 20.4. The topological polar surface area (TPSA) is 121 Å². The molecule has 0 aromatic heterocycles. The van der Waals surface area contributed by atoms with Crippen molar-refractivity contribution in [1.82, 2.24) is 0 Å². The molecule has 0 amide bonds. The summed E-state index contributed by atoms with van der Waals surface area (Å²) in [5.74, 6) is -2.94. The fourth-order valence-electron chi connectivity index (χ4n) is 1.18. The maximum Gasteiger partial charge on any atom is 2.00 e. The normalized spacial score (nSPS) is 7.92. The van der Waals surface area contributed by atoms with E-state index >= 15 is 0 Å². The Labute approximate surface area is 158 Å². The number of benzene rings is 2. The van der Waals surface area contributed by atoms with Gasteiger partial charge in [-0.3, -0.25) is 0 Å².